The van der Waals surface area contributed by atoms with Crippen molar-refractivity contribution in [2.75, 3.05) is 6.54 Å². The van der Waals surface area contributed by atoms with Crippen LogP contribution in [0.5, 0.6) is 5.75 Å². The van der Waals surface area contributed by atoms with Crippen LogP contribution in [0.25, 0.3) is 0 Å². The lowest BCUT2D eigenvalue weighted by atomic mass is 10.1. The van der Waals surface area contributed by atoms with Crippen molar-refractivity contribution in [3.63, 3.8) is 0 Å². The second-order valence-electron chi connectivity index (χ2n) is 4.65. The molecule has 1 heterocycles. The highest BCUT2D eigenvalue weighted by Crippen LogP contribution is 2.43. The summed E-state index contributed by atoms with van der Waals surface area (Å²) >= 11 is 0.672. The molecule has 0 N–H and O–H groups in total. The highest BCUT2D eigenvalue weighted by molar-refractivity contribution is 8.15. The molecule has 0 aliphatic carbocycles. The van der Waals surface area contributed by atoms with Crippen molar-refractivity contribution in [2.45, 2.75) is 24.5 Å². The maximum Gasteiger partial charge on any atom is 0.573 e. The molecular formula is C15H12F3NO3S. The van der Waals surface area contributed by atoms with E-state index in [4.69, 9.17) is 6.42 Å². The fourth-order valence-corrected chi connectivity index (χ4v) is 3.16. The van der Waals surface area contributed by atoms with Crippen molar-refractivity contribution in [3.8, 4) is 18.1 Å². The molecule has 0 bridgehead atoms. The minimum Gasteiger partial charge on any atom is -0.405 e. The molecule has 0 saturated carbocycles. The van der Waals surface area contributed by atoms with E-state index in [-0.39, 0.29) is 12.1 Å². The summed E-state index contributed by atoms with van der Waals surface area (Å²) in [6.07, 6.45) is 1.09. The Hall–Kier alpha value is -2.14. The number of benzene rings is 1. The number of alkyl halides is 3. The van der Waals surface area contributed by atoms with Gasteiger partial charge in [0.2, 0.25) is 5.91 Å². The van der Waals surface area contributed by atoms with E-state index >= 15 is 0 Å². The lowest BCUT2D eigenvalue weighted by Crippen LogP contribution is -2.30. The van der Waals surface area contributed by atoms with E-state index in [1.807, 2.05) is 0 Å². The highest BCUT2D eigenvalue weighted by Gasteiger charge is 2.42. The maximum absolute atomic E-state index is 12.5. The van der Waals surface area contributed by atoms with Gasteiger partial charge in [0.25, 0.3) is 5.24 Å². The van der Waals surface area contributed by atoms with Crippen molar-refractivity contribution < 1.29 is 27.5 Å². The van der Waals surface area contributed by atoms with E-state index < -0.39 is 28.5 Å². The van der Waals surface area contributed by atoms with Crippen LogP contribution in [0, 0.1) is 12.3 Å². The van der Waals surface area contributed by atoms with Crippen molar-refractivity contribution in [2.24, 2.45) is 0 Å². The smallest absolute Gasteiger partial charge is 0.405 e. The zero-order valence-electron chi connectivity index (χ0n) is 11.8. The molecule has 1 aromatic rings. The van der Waals surface area contributed by atoms with Gasteiger partial charge in [-0.1, -0.05) is 18.2 Å². The van der Waals surface area contributed by atoms with Crippen LogP contribution in [0.1, 0.15) is 23.7 Å². The maximum atomic E-state index is 12.5. The Labute approximate surface area is 135 Å². The van der Waals surface area contributed by atoms with Gasteiger partial charge < -0.3 is 4.74 Å². The van der Waals surface area contributed by atoms with Crippen molar-refractivity contribution in [1.29, 1.82) is 0 Å². The number of thioether (sulfide) groups is 1. The van der Waals surface area contributed by atoms with Crippen LogP contribution >= 0.6 is 11.8 Å². The number of imide groups is 1. The average Bonchev–Trinajstić information content (AvgIpc) is 2.74. The SMILES string of the molecule is C#CCCCN1C(=O)SC(c2ccccc2OC(F)(F)F)C1=O. The van der Waals surface area contributed by atoms with E-state index in [1.54, 1.807) is 0 Å². The molecule has 1 atom stereocenters. The number of nitrogens with zero attached hydrogens (tertiary/aromatic N) is 1. The van der Waals surface area contributed by atoms with E-state index in [9.17, 15) is 22.8 Å². The fourth-order valence-electron chi connectivity index (χ4n) is 2.10. The third-order valence-corrected chi connectivity index (χ3v) is 4.17. The molecule has 1 saturated heterocycles. The van der Waals surface area contributed by atoms with Crippen LogP contribution in [0.3, 0.4) is 0 Å². The first-order valence-electron chi connectivity index (χ1n) is 6.63. The van der Waals surface area contributed by atoms with Crippen LogP contribution in [0.4, 0.5) is 18.0 Å². The number of terminal acetylenes is 1. The largest absolute Gasteiger partial charge is 0.573 e. The Balaban J connectivity index is 2.21. The Bertz CT molecular complexity index is 654. The van der Waals surface area contributed by atoms with Crippen molar-refractivity contribution in [1.82, 2.24) is 4.90 Å². The zero-order valence-corrected chi connectivity index (χ0v) is 12.6. The van der Waals surface area contributed by atoms with Crippen LogP contribution in [0.2, 0.25) is 0 Å². The molecule has 0 radical (unpaired) electrons. The molecule has 0 aromatic heterocycles. The molecule has 1 aliphatic heterocycles. The summed E-state index contributed by atoms with van der Waals surface area (Å²) in [7, 11) is 0. The van der Waals surface area contributed by atoms with Crippen LogP contribution < -0.4 is 4.74 Å². The molecule has 2 rings (SSSR count). The van der Waals surface area contributed by atoms with E-state index in [0.29, 0.717) is 24.6 Å². The average molecular weight is 343 g/mol. The number of amides is 2. The van der Waals surface area contributed by atoms with Gasteiger partial charge in [-0.25, -0.2) is 0 Å². The van der Waals surface area contributed by atoms with Crippen LogP contribution in [-0.2, 0) is 4.79 Å². The Kier molecular flexibility index (Phi) is 5.21. The normalized spacial score (nSPS) is 18.2. The highest BCUT2D eigenvalue weighted by atomic mass is 32.2. The second-order valence-corrected chi connectivity index (χ2v) is 5.70. The molecule has 1 aliphatic rings. The number of ether oxygens (including phenoxy) is 1. The molecule has 23 heavy (non-hydrogen) atoms. The van der Waals surface area contributed by atoms with Gasteiger partial charge in [-0.2, -0.15) is 0 Å². The van der Waals surface area contributed by atoms with Gasteiger partial charge in [0.1, 0.15) is 11.0 Å². The van der Waals surface area contributed by atoms with E-state index in [2.05, 4.69) is 10.7 Å². The summed E-state index contributed by atoms with van der Waals surface area (Å²) < 4.78 is 41.3. The van der Waals surface area contributed by atoms with Gasteiger partial charge in [0.15, 0.2) is 0 Å². The summed E-state index contributed by atoms with van der Waals surface area (Å²) in [6, 6.07) is 5.30. The molecule has 1 fully saturated rings. The number of hydrogen-bond acceptors (Lipinski definition) is 4. The zero-order chi connectivity index (χ0) is 17.0. The van der Waals surface area contributed by atoms with E-state index in [1.165, 1.54) is 18.2 Å². The van der Waals surface area contributed by atoms with Gasteiger partial charge in [0.05, 0.1) is 0 Å². The summed E-state index contributed by atoms with van der Waals surface area (Å²) in [4.78, 5) is 25.2. The number of para-hydroxylation sites is 1. The van der Waals surface area contributed by atoms with Gasteiger partial charge in [0, 0.05) is 18.5 Å². The van der Waals surface area contributed by atoms with Crippen LogP contribution in [0.15, 0.2) is 24.3 Å². The van der Waals surface area contributed by atoms with Gasteiger partial charge in [-0.05, 0) is 24.2 Å². The number of hydrogen-bond donors (Lipinski definition) is 0. The summed E-state index contributed by atoms with van der Waals surface area (Å²) in [5.41, 5.74) is 0.0209. The molecular weight excluding hydrogens is 331 g/mol. The Morgan fingerprint density at radius 1 is 1.30 bits per heavy atom. The Morgan fingerprint density at radius 2 is 2.00 bits per heavy atom. The minimum atomic E-state index is -4.88. The third kappa shape index (κ3) is 4.20. The molecule has 1 unspecified atom stereocenters. The molecule has 1 aromatic carbocycles. The molecule has 2 amide bonds. The first kappa shape index (κ1) is 17.2. The summed E-state index contributed by atoms with van der Waals surface area (Å²) in [5.74, 6) is 1.36. The topological polar surface area (TPSA) is 46.6 Å². The van der Waals surface area contributed by atoms with Gasteiger partial charge in [-0.15, -0.1) is 25.5 Å². The molecule has 4 nitrogen and oxygen atoms in total. The number of unbranched alkanes of at least 4 members (excludes halogenated alkanes) is 1. The predicted octanol–water partition coefficient (Wildman–Crippen LogP) is 3.74. The first-order valence-corrected chi connectivity index (χ1v) is 7.51. The summed E-state index contributed by atoms with van der Waals surface area (Å²) in [5, 5.41) is -1.55. The van der Waals surface area contributed by atoms with Crippen LogP contribution in [-0.4, -0.2) is 29.0 Å². The first-order chi connectivity index (χ1) is 10.8. The van der Waals surface area contributed by atoms with E-state index in [0.717, 1.165) is 11.0 Å². The predicted molar refractivity (Wildman–Crippen MR) is 78.6 cm³/mol. The molecule has 0 spiro atoms. The lowest BCUT2D eigenvalue weighted by Gasteiger charge is -2.16. The summed E-state index contributed by atoms with van der Waals surface area (Å²) in [6.45, 7) is 0.146. The quantitative estimate of drug-likeness (QED) is 0.604. The third-order valence-electron chi connectivity index (χ3n) is 3.06. The monoisotopic (exact) mass is 343 g/mol. The fraction of sp³-hybridized carbons (Fsp3) is 0.333. The van der Waals surface area contributed by atoms with Crippen molar-refractivity contribution >= 4 is 22.9 Å². The number of carbonyl (C=O) groups excluding carboxylic acids is 2. The van der Waals surface area contributed by atoms with Gasteiger partial charge >= 0.3 is 6.36 Å². The minimum absolute atomic E-state index is 0.0209. The number of rotatable bonds is 5. The molecule has 122 valence electrons. The van der Waals surface area contributed by atoms with Gasteiger partial charge in [-0.3, -0.25) is 14.5 Å². The Morgan fingerprint density at radius 3 is 2.65 bits per heavy atom. The number of halogens is 3. The number of carbonyl (C=O) groups is 2. The molecule has 8 heteroatoms. The lowest BCUT2D eigenvalue weighted by molar-refractivity contribution is -0.274. The van der Waals surface area contributed by atoms with Crippen molar-refractivity contribution in [3.05, 3.63) is 29.8 Å². The standard InChI is InChI=1S/C15H12F3NO3S/c1-2-3-6-9-19-13(20)12(23-14(19)21)10-7-4-5-8-11(10)22-15(16,17)18/h1,4-5,7-8,12H,3,6,9H2. The second kappa shape index (κ2) is 6.96.